The number of rotatable bonds is 9. The molecule has 1 aromatic rings. The molecule has 3 nitrogen and oxygen atoms in total. The van der Waals surface area contributed by atoms with Crippen molar-refractivity contribution in [1.82, 2.24) is 10.2 Å². The Morgan fingerprint density at radius 2 is 1.76 bits per heavy atom. The summed E-state index contributed by atoms with van der Waals surface area (Å²) in [6, 6.07) is 9.39. The fourth-order valence-corrected chi connectivity index (χ4v) is 2.63. The Bertz CT molecular complexity index is 387. The van der Waals surface area contributed by atoms with E-state index in [1.165, 1.54) is 12.0 Å². The molecule has 3 heteroatoms. The lowest BCUT2D eigenvalue weighted by Gasteiger charge is -2.28. The Labute approximate surface area is 130 Å². The molecule has 120 valence electrons. The van der Waals surface area contributed by atoms with Crippen molar-refractivity contribution in [3.05, 3.63) is 29.8 Å². The first-order valence-corrected chi connectivity index (χ1v) is 8.01. The minimum atomic E-state index is 0.408. The van der Waals surface area contributed by atoms with E-state index in [1.54, 1.807) is 7.11 Å². The second-order valence-corrected chi connectivity index (χ2v) is 6.39. The third-order valence-electron chi connectivity index (χ3n) is 4.00. The van der Waals surface area contributed by atoms with Crippen LogP contribution in [0.25, 0.3) is 0 Å². The average Bonchev–Trinajstić information content (AvgIpc) is 2.46. The SMILES string of the molecule is CCC(NCC(CC(C)C)N(C)C)c1ccc(OC)cc1. The minimum absolute atomic E-state index is 0.408. The third-order valence-corrected chi connectivity index (χ3v) is 4.00. The van der Waals surface area contributed by atoms with E-state index in [-0.39, 0.29) is 0 Å². The van der Waals surface area contributed by atoms with Gasteiger partial charge in [0.1, 0.15) is 5.75 Å². The van der Waals surface area contributed by atoms with Gasteiger partial charge < -0.3 is 15.0 Å². The van der Waals surface area contributed by atoms with Gasteiger partial charge in [-0.3, -0.25) is 0 Å². The van der Waals surface area contributed by atoms with Crippen molar-refractivity contribution < 1.29 is 4.74 Å². The Hall–Kier alpha value is -1.06. The monoisotopic (exact) mass is 292 g/mol. The Balaban J connectivity index is 2.63. The maximum absolute atomic E-state index is 5.23. The summed E-state index contributed by atoms with van der Waals surface area (Å²) in [4.78, 5) is 2.33. The van der Waals surface area contributed by atoms with Gasteiger partial charge in [0.2, 0.25) is 0 Å². The quantitative estimate of drug-likeness (QED) is 0.751. The number of methoxy groups -OCH3 is 1. The molecular weight excluding hydrogens is 260 g/mol. The first-order valence-electron chi connectivity index (χ1n) is 8.01. The lowest BCUT2D eigenvalue weighted by molar-refractivity contribution is 0.239. The zero-order valence-corrected chi connectivity index (χ0v) is 14.5. The Kier molecular flexibility index (Phi) is 7.76. The molecule has 1 N–H and O–H groups in total. The molecule has 0 saturated heterocycles. The second-order valence-electron chi connectivity index (χ2n) is 6.39. The van der Waals surface area contributed by atoms with E-state index in [1.807, 2.05) is 12.1 Å². The van der Waals surface area contributed by atoms with E-state index >= 15 is 0 Å². The molecule has 0 spiro atoms. The summed E-state index contributed by atoms with van der Waals surface area (Å²) >= 11 is 0. The van der Waals surface area contributed by atoms with Crippen molar-refractivity contribution in [3.8, 4) is 5.75 Å². The van der Waals surface area contributed by atoms with E-state index in [4.69, 9.17) is 4.74 Å². The van der Waals surface area contributed by atoms with Gasteiger partial charge in [0.15, 0.2) is 0 Å². The summed E-state index contributed by atoms with van der Waals surface area (Å²) in [5.41, 5.74) is 1.33. The van der Waals surface area contributed by atoms with Crippen molar-refractivity contribution in [2.45, 2.75) is 45.7 Å². The molecule has 21 heavy (non-hydrogen) atoms. The lowest BCUT2D eigenvalue weighted by atomic mass is 10.0. The fraction of sp³-hybridized carbons (Fsp3) is 0.667. The smallest absolute Gasteiger partial charge is 0.118 e. The zero-order valence-electron chi connectivity index (χ0n) is 14.5. The molecule has 0 radical (unpaired) electrons. The van der Waals surface area contributed by atoms with Crippen LogP contribution in [-0.2, 0) is 0 Å². The lowest BCUT2D eigenvalue weighted by Crippen LogP contribution is -2.40. The summed E-state index contributed by atoms with van der Waals surface area (Å²) < 4.78 is 5.23. The average molecular weight is 292 g/mol. The van der Waals surface area contributed by atoms with Crippen LogP contribution in [0.2, 0.25) is 0 Å². The van der Waals surface area contributed by atoms with Gasteiger partial charge in [0.05, 0.1) is 7.11 Å². The number of hydrogen-bond acceptors (Lipinski definition) is 3. The highest BCUT2D eigenvalue weighted by molar-refractivity contribution is 5.29. The molecule has 0 aliphatic heterocycles. The molecule has 1 aromatic carbocycles. The topological polar surface area (TPSA) is 24.5 Å². The highest BCUT2D eigenvalue weighted by Crippen LogP contribution is 2.20. The van der Waals surface area contributed by atoms with Gasteiger partial charge in [-0.15, -0.1) is 0 Å². The van der Waals surface area contributed by atoms with Gasteiger partial charge in [0, 0.05) is 18.6 Å². The van der Waals surface area contributed by atoms with E-state index in [0.29, 0.717) is 12.1 Å². The largest absolute Gasteiger partial charge is 0.497 e. The van der Waals surface area contributed by atoms with Gasteiger partial charge in [-0.25, -0.2) is 0 Å². The zero-order chi connectivity index (χ0) is 15.8. The highest BCUT2D eigenvalue weighted by Gasteiger charge is 2.16. The van der Waals surface area contributed by atoms with Crippen LogP contribution in [0.5, 0.6) is 5.75 Å². The predicted octanol–water partition coefficient (Wildman–Crippen LogP) is 3.71. The van der Waals surface area contributed by atoms with Gasteiger partial charge >= 0.3 is 0 Å². The third kappa shape index (κ3) is 6.06. The van der Waals surface area contributed by atoms with Crippen LogP contribution in [0.1, 0.15) is 45.2 Å². The van der Waals surface area contributed by atoms with E-state index < -0.39 is 0 Å². The molecule has 0 aliphatic rings. The summed E-state index contributed by atoms with van der Waals surface area (Å²) in [5, 5.41) is 3.73. The molecule has 0 aromatic heterocycles. The molecule has 0 aliphatic carbocycles. The van der Waals surface area contributed by atoms with Gasteiger partial charge in [-0.2, -0.15) is 0 Å². The number of nitrogens with zero attached hydrogens (tertiary/aromatic N) is 1. The maximum atomic E-state index is 5.23. The molecule has 0 saturated carbocycles. The Morgan fingerprint density at radius 3 is 2.19 bits per heavy atom. The summed E-state index contributed by atoms with van der Waals surface area (Å²) in [7, 11) is 6.05. The Morgan fingerprint density at radius 1 is 1.14 bits per heavy atom. The van der Waals surface area contributed by atoms with Crippen LogP contribution < -0.4 is 10.1 Å². The molecule has 0 bridgehead atoms. The van der Waals surface area contributed by atoms with Gasteiger partial charge in [-0.05, 0) is 50.6 Å². The van der Waals surface area contributed by atoms with Gasteiger partial charge in [-0.1, -0.05) is 32.9 Å². The molecule has 0 fully saturated rings. The van der Waals surface area contributed by atoms with E-state index in [0.717, 1.165) is 24.6 Å². The number of nitrogens with one attached hydrogen (secondary N) is 1. The maximum Gasteiger partial charge on any atom is 0.118 e. The van der Waals surface area contributed by atoms with Crippen LogP contribution in [0, 0.1) is 5.92 Å². The van der Waals surface area contributed by atoms with Crippen LogP contribution in [0.4, 0.5) is 0 Å². The molecule has 1 rings (SSSR count). The van der Waals surface area contributed by atoms with Crippen molar-refractivity contribution in [2.24, 2.45) is 5.92 Å². The van der Waals surface area contributed by atoms with Crippen molar-refractivity contribution in [2.75, 3.05) is 27.7 Å². The standard InChI is InChI=1S/C18H32N2O/c1-7-18(15-8-10-17(21-6)11-9-15)19-13-16(20(4)5)12-14(2)3/h8-11,14,16,18-19H,7,12-13H2,1-6H3. The van der Waals surface area contributed by atoms with E-state index in [9.17, 15) is 0 Å². The number of hydrogen-bond donors (Lipinski definition) is 1. The van der Waals surface area contributed by atoms with Gasteiger partial charge in [0.25, 0.3) is 0 Å². The molecule has 2 unspecified atom stereocenters. The van der Waals surface area contributed by atoms with Crippen molar-refractivity contribution in [3.63, 3.8) is 0 Å². The molecule has 2 atom stereocenters. The first-order chi connectivity index (χ1) is 9.97. The normalized spacial score (nSPS) is 14.5. The summed E-state index contributed by atoms with van der Waals surface area (Å²) in [6.45, 7) is 7.83. The second kappa shape index (κ2) is 9.06. The number of ether oxygens (including phenoxy) is 1. The van der Waals surface area contributed by atoms with E-state index in [2.05, 4.69) is 57.2 Å². The van der Waals surface area contributed by atoms with Crippen molar-refractivity contribution in [1.29, 1.82) is 0 Å². The first kappa shape index (κ1) is 18.0. The molecule has 0 amide bonds. The highest BCUT2D eigenvalue weighted by atomic mass is 16.5. The minimum Gasteiger partial charge on any atom is -0.497 e. The van der Waals surface area contributed by atoms with Crippen LogP contribution in [-0.4, -0.2) is 38.7 Å². The predicted molar refractivity (Wildman–Crippen MR) is 91.0 cm³/mol. The summed E-state index contributed by atoms with van der Waals surface area (Å²) in [6.07, 6.45) is 2.31. The number of benzene rings is 1. The van der Waals surface area contributed by atoms with Crippen LogP contribution in [0.3, 0.4) is 0 Å². The molecule has 0 heterocycles. The number of likely N-dealkylation sites (N-methyl/N-ethyl adjacent to an activating group) is 1. The van der Waals surface area contributed by atoms with Crippen LogP contribution in [0.15, 0.2) is 24.3 Å². The van der Waals surface area contributed by atoms with Crippen LogP contribution >= 0.6 is 0 Å². The summed E-state index contributed by atoms with van der Waals surface area (Å²) in [5.74, 6) is 1.64. The molecular formula is C18H32N2O. The fourth-order valence-electron chi connectivity index (χ4n) is 2.63. The van der Waals surface area contributed by atoms with Crippen molar-refractivity contribution >= 4 is 0 Å².